The molecule has 5 nitrogen and oxygen atoms in total. The summed E-state index contributed by atoms with van der Waals surface area (Å²) in [7, 11) is 1.73. The Bertz CT molecular complexity index is 852. The van der Waals surface area contributed by atoms with Crippen molar-refractivity contribution >= 4 is 17.2 Å². The molecule has 2 aliphatic rings. The van der Waals surface area contributed by atoms with Crippen LogP contribution in [0.25, 0.3) is 11.3 Å². The summed E-state index contributed by atoms with van der Waals surface area (Å²) < 4.78 is 5.29. The Balaban J connectivity index is 1.57. The lowest BCUT2D eigenvalue weighted by molar-refractivity contribution is 0.0349. The number of rotatable bonds is 8. The number of hydrogen-bond acceptors (Lipinski definition) is 5. The highest BCUT2D eigenvalue weighted by molar-refractivity contribution is 7.14. The second-order valence-corrected chi connectivity index (χ2v) is 10.1. The molecule has 4 rings (SSSR count). The van der Waals surface area contributed by atoms with Crippen molar-refractivity contribution in [2.45, 2.75) is 51.5 Å². The number of thiazole rings is 1. The highest BCUT2D eigenvalue weighted by atomic mass is 32.1. The Labute approximate surface area is 190 Å². The molecule has 0 spiro atoms. The van der Waals surface area contributed by atoms with E-state index in [1.807, 2.05) is 37.3 Å². The van der Waals surface area contributed by atoms with Gasteiger partial charge in [0, 0.05) is 38.4 Å². The maximum atomic E-state index is 13.8. The number of aromatic nitrogens is 1. The third-order valence-electron chi connectivity index (χ3n) is 6.72. The van der Waals surface area contributed by atoms with Crippen molar-refractivity contribution in [2.75, 3.05) is 39.9 Å². The van der Waals surface area contributed by atoms with Gasteiger partial charge in [0.15, 0.2) is 0 Å². The number of amides is 1. The van der Waals surface area contributed by atoms with Gasteiger partial charge in [-0.05, 0) is 58.0 Å². The van der Waals surface area contributed by atoms with Gasteiger partial charge in [-0.15, -0.1) is 11.3 Å². The summed E-state index contributed by atoms with van der Waals surface area (Å²) in [5.74, 6) is 0.697. The molecular formula is C25H35N3O2S. The van der Waals surface area contributed by atoms with Crippen molar-refractivity contribution in [2.24, 2.45) is 5.92 Å². The lowest BCUT2D eigenvalue weighted by Crippen LogP contribution is -2.51. The summed E-state index contributed by atoms with van der Waals surface area (Å²) in [6, 6.07) is 10.7. The first-order chi connectivity index (χ1) is 15.2. The second kappa shape index (κ2) is 10.7. The van der Waals surface area contributed by atoms with Gasteiger partial charge >= 0.3 is 0 Å². The van der Waals surface area contributed by atoms with Crippen LogP contribution in [-0.4, -0.2) is 66.6 Å². The summed E-state index contributed by atoms with van der Waals surface area (Å²) in [6.45, 7) is 6.70. The fraction of sp³-hybridized carbons (Fsp3) is 0.600. The van der Waals surface area contributed by atoms with Gasteiger partial charge in [-0.1, -0.05) is 36.8 Å². The van der Waals surface area contributed by atoms with Crippen molar-refractivity contribution < 1.29 is 9.53 Å². The number of carbonyl (C=O) groups is 1. The topological polar surface area (TPSA) is 45.7 Å². The van der Waals surface area contributed by atoms with Crippen molar-refractivity contribution in [3.05, 3.63) is 40.2 Å². The zero-order valence-electron chi connectivity index (χ0n) is 18.9. The molecule has 168 valence electrons. The van der Waals surface area contributed by atoms with Crippen LogP contribution in [0.5, 0.6) is 0 Å². The fourth-order valence-corrected chi connectivity index (χ4v) is 6.16. The smallest absolute Gasteiger partial charge is 0.266 e. The van der Waals surface area contributed by atoms with Gasteiger partial charge in [0.2, 0.25) is 0 Å². The molecule has 0 aliphatic carbocycles. The van der Waals surface area contributed by atoms with E-state index in [1.165, 1.54) is 56.5 Å². The van der Waals surface area contributed by atoms with E-state index in [9.17, 15) is 4.79 Å². The number of piperidine rings is 2. The molecule has 31 heavy (non-hydrogen) atoms. The number of benzene rings is 1. The monoisotopic (exact) mass is 441 g/mol. The number of carbonyl (C=O) groups excluding carboxylic acids is 1. The number of methoxy groups -OCH3 is 1. The Kier molecular flexibility index (Phi) is 7.75. The zero-order chi connectivity index (χ0) is 21.6. The van der Waals surface area contributed by atoms with E-state index in [0.29, 0.717) is 18.6 Å². The molecule has 0 N–H and O–H groups in total. The molecule has 1 aromatic carbocycles. The van der Waals surface area contributed by atoms with Crippen LogP contribution in [0.1, 0.15) is 53.2 Å². The standard InChI is InChI=1S/C25H35N3O2S/c1-19-26-23(20-10-4-3-5-11-20)24(31-19)25(29)28(16-9-17-30-2)18-21-12-8-15-27-14-7-6-13-22(21)27/h3-5,10-11,21-22H,6-9,12-18H2,1-2H3/t21-,22+/m0/s1. The maximum absolute atomic E-state index is 13.8. The van der Waals surface area contributed by atoms with Gasteiger partial charge in [-0.3, -0.25) is 4.79 Å². The SMILES string of the molecule is COCCCN(C[C@@H]1CCCN2CCCC[C@H]12)C(=O)c1sc(C)nc1-c1ccccc1. The first-order valence-corrected chi connectivity index (χ1v) is 12.5. The molecular weight excluding hydrogens is 406 g/mol. The molecule has 0 radical (unpaired) electrons. The third-order valence-corrected chi connectivity index (χ3v) is 7.68. The molecule has 2 atom stereocenters. The van der Waals surface area contributed by atoms with Crippen LogP contribution < -0.4 is 0 Å². The normalized spacial score (nSPS) is 21.6. The van der Waals surface area contributed by atoms with Gasteiger partial charge in [-0.25, -0.2) is 4.98 Å². The molecule has 6 heteroatoms. The Morgan fingerprint density at radius 3 is 2.81 bits per heavy atom. The van der Waals surface area contributed by atoms with E-state index < -0.39 is 0 Å². The third kappa shape index (κ3) is 5.36. The molecule has 0 unspecified atom stereocenters. The Hall–Kier alpha value is -1.76. The largest absolute Gasteiger partial charge is 0.385 e. The molecule has 0 saturated carbocycles. The van der Waals surface area contributed by atoms with Crippen molar-refractivity contribution in [1.82, 2.24) is 14.8 Å². The van der Waals surface area contributed by atoms with Crippen LogP contribution in [0.2, 0.25) is 0 Å². The molecule has 2 aromatic rings. The van der Waals surface area contributed by atoms with Crippen LogP contribution in [0, 0.1) is 12.8 Å². The van der Waals surface area contributed by atoms with E-state index >= 15 is 0 Å². The van der Waals surface area contributed by atoms with E-state index in [1.54, 1.807) is 7.11 Å². The number of aryl methyl sites for hydroxylation is 1. The van der Waals surface area contributed by atoms with E-state index in [-0.39, 0.29) is 5.91 Å². The zero-order valence-corrected chi connectivity index (χ0v) is 19.7. The predicted molar refractivity (Wildman–Crippen MR) is 127 cm³/mol. The van der Waals surface area contributed by atoms with Crippen molar-refractivity contribution in [1.29, 1.82) is 0 Å². The number of hydrogen-bond donors (Lipinski definition) is 0. The lowest BCUT2D eigenvalue weighted by Gasteiger charge is -2.45. The van der Waals surface area contributed by atoms with Crippen LogP contribution in [0.15, 0.2) is 30.3 Å². The van der Waals surface area contributed by atoms with Gasteiger partial charge < -0.3 is 14.5 Å². The van der Waals surface area contributed by atoms with E-state index in [2.05, 4.69) is 9.80 Å². The highest BCUT2D eigenvalue weighted by Crippen LogP contribution is 2.33. The minimum absolute atomic E-state index is 0.133. The van der Waals surface area contributed by atoms with Gasteiger partial charge in [0.1, 0.15) is 4.88 Å². The van der Waals surface area contributed by atoms with Gasteiger partial charge in [0.05, 0.1) is 10.7 Å². The number of nitrogens with zero attached hydrogens (tertiary/aromatic N) is 3. The summed E-state index contributed by atoms with van der Waals surface area (Å²) in [5, 5.41) is 0.940. The molecule has 1 aromatic heterocycles. The minimum atomic E-state index is 0.133. The van der Waals surface area contributed by atoms with Gasteiger partial charge in [0.25, 0.3) is 5.91 Å². The van der Waals surface area contributed by atoms with Crippen LogP contribution in [-0.2, 0) is 4.74 Å². The van der Waals surface area contributed by atoms with Gasteiger partial charge in [-0.2, -0.15) is 0 Å². The summed E-state index contributed by atoms with van der Waals surface area (Å²) >= 11 is 1.53. The van der Waals surface area contributed by atoms with E-state index in [0.717, 1.165) is 40.7 Å². The predicted octanol–water partition coefficient (Wildman–Crippen LogP) is 4.86. The quantitative estimate of drug-likeness (QED) is 0.549. The van der Waals surface area contributed by atoms with Crippen molar-refractivity contribution in [3.63, 3.8) is 0 Å². The Morgan fingerprint density at radius 2 is 2.00 bits per heavy atom. The Morgan fingerprint density at radius 1 is 1.19 bits per heavy atom. The summed E-state index contributed by atoms with van der Waals surface area (Å²) in [6.07, 6.45) is 7.25. The van der Waals surface area contributed by atoms with Crippen LogP contribution in [0.4, 0.5) is 0 Å². The number of ether oxygens (including phenoxy) is 1. The molecule has 2 saturated heterocycles. The fourth-order valence-electron chi connectivity index (χ4n) is 5.26. The maximum Gasteiger partial charge on any atom is 0.266 e. The number of fused-ring (bicyclic) bond motifs is 1. The molecule has 3 heterocycles. The highest BCUT2D eigenvalue weighted by Gasteiger charge is 2.35. The second-order valence-electron chi connectivity index (χ2n) is 8.88. The molecule has 2 fully saturated rings. The van der Waals surface area contributed by atoms with Crippen LogP contribution in [0.3, 0.4) is 0 Å². The molecule has 0 bridgehead atoms. The summed E-state index contributed by atoms with van der Waals surface area (Å²) in [5.41, 5.74) is 1.84. The first kappa shape index (κ1) is 22.4. The van der Waals surface area contributed by atoms with E-state index in [4.69, 9.17) is 9.72 Å². The average Bonchev–Trinajstić information content (AvgIpc) is 3.20. The first-order valence-electron chi connectivity index (χ1n) is 11.7. The van der Waals surface area contributed by atoms with Crippen LogP contribution >= 0.6 is 11.3 Å². The van der Waals surface area contributed by atoms with Crippen molar-refractivity contribution in [3.8, 4) is 11.3 Å². The molecule has 2 aliphatic heterocycles. The average molecular weight is 442 g/mol. The summed E-state index contributed by atoms with van der Waals surface area (Å²) in [4.78, 5) is 24.1. The molecule has 1 amide bonds. The lowest BCUT2D eigenvalue weighted by atomic mass is 9.83. The minimum Gasteiger partial charge on any atom is -0.385 e.